The highest BCUT2D eigenvalue weighted by Gasteiger charge is 2.30. The number of hydrogen-bond donors (Lipinski definition) is 0. The predicted molar refractivity (Wildman–Crippen MR) is 107 cm³/mol. The zero-order chi connectivity index (χ0) is 19.6. The van der Waals surface area contributed by atoms with Gasteiger partial charge in [0.2, 0.25) is 0 Å². The summed E-state index contributed by atoms with van der Waals surface area (Å²) in [5.74, 6) is 0.0671. The van der Waals surface area contributed by atoms with Crippen molar-refractivity contribution in [1.82, 2.24) is 0 Å². The first-order chi connectivity index (χ1) is 12.9. The van der Waals surface area contributed by atoms with E-state index in [0.717, 1.165) is 10.6 Å². The third-order valence-corrected chi connectivity index (χ3v) is 5.28. The molecule has 1 aliphatic rings. The number of fused-ring (bicyclic) bond motifs is 1. The second-order valence-corrected chi connectivity index (χ2v) is 7.27. The molecule has 0 fully saturated rings. The average Bonchev–Trinajstić information content (AvgIpc) is 2.66. The molecule has 2 aromatic carbocycles. The van der Waals surface area contributed by atoms with Crippen LogP contribution in [0, 0.1) is 0 Å². The number of ether oxygens (including phenoxy) is 2. The van der Waals surface area contributed by atoms with Gasteiger partial charge in [0.15, 0.2) is 6.10 Å². The van der Waals surface area contributed by atoms with Crippen molar-refractivity contribution in [2.24, 2.45) is 0 Å². The van der Waals surface area contributed by atoms with E-state index in [1.54, 1.807) is 66.5 Å². The molecule has 2 amide bonds. The molecular formula is C19H19ClN2O4S. The molecule has 0 spiro atoms. The van der Waals surface area contributed by atoms with Crippen LogP contribution in [-0.4, -0.2) is 31.8 Å². The molecule has 0 N–H and O–H groups in total. The molecule has 8 heteroatoms. The van der Waals surface area contributed by atoms with Gasteiger partial charge in [0.05, 0.1) is 22.9 Å². The van der Waals surface area contributed by atoms with Gasteiger partial charge in [-0.3, -0.25) is 4.90 Å². The van der Waals surface area contributed by atoms with Gasteiger partial charge in [-0.1, -0.05) is 11.6 Å². The van der Waals surface area contributed by atoms with Crippen LogP contribution in [-0.2, 0) is 9.53 Å². The summed E-state index contributed by atoms with van der Waals surface area (Å²) < 4.78 is 12.2. The number of amides is 2. The van der Waals surface area contributed by atoms with Crippen molar-refractivity contribution in [2.75, 3.05) is 22.9 Å². The molecular weight excluding hydrogens is 388 g/mol. The van der Waals surface area contributed by atoms with Crippen LogP contribution < -0.4 is 13.9 Å². The number of benzene rings is 2. The fraction of sp³-hybridized carbons (Fsp3) is 0.263. The third kappa shape index (κ3) is 4.14. The van der Waals surface area contributed by atoms with Gasteiger partial charge in [0.25, 0.3) is 0 Å². The molecule has 0 saturated carbocycles. The predicted octanol–water partition coefficient (Wildman–Crippen LogP) is 4.75. The quantitative estimate of drug-likeness (QED) is 0.529. The van der Waals surface area contributed by atoms with Crippen LogP contribution in [0.15, 0.2) is 47.4 Å². The van der Waals surface area contributed by atoms with Crippen molar-refractivity contribution < 1.29 is 19.1 Å². The molecule has 0 aromatic heterocycles. The topological polar surface area (TPSA) is 59.1 Å². The van der Waals surface area contributed by atoms with Crippen molar-refractivity contribution in [1.29, 1.82) is 0 Å². The second-order valence-electron chi connectivity index (χ2n) is 5.85. The highest BCUT2D eigenvalue weighted by atomic mass is 35.5. The SMILES string of the molecule is CCOC(=O)[C@H](C)Oc1ccc2c(c1)N(C)C(=O)N(c1ccc(Cl)cc1)S2. The summed E-state index contributed by atoms with van der Waals surface area (Å²) in [5, 5.41) is 0.611. The van der Waals surface area contributed by atoms with Crippen LogP contribution >= 0.6 is 23.5 Å². The molecule has 0 saturated heterocycles. The lowest BCUT2D eigenvalue weighted by Crippen LogP contribution is -2.40. The summed E-state index contributed by atoms with van der Waals surface area (Å²) >= 11 is 7.25. The average molecular weight is 407 g/mol. The minimum absolute atomic E-state index is 0.189. The summed E-state index contributed by atoms with van der Waals surface area (Å²) in [6.45, 7) is 3.67. The van der Waals surface area contributed by atoms with Gasteiger partial charge in [-0.05, 0) is 62.2 Å². The molecule has 1 heterocycles. The summed E-state index contributed by atoms with van der Waals surface area (Å²) in [5.41, 5.74) is 1.45. The van der Waals surface area contributed by atoms with E-state index in [1.165, 1.54) is 11.9 Å². The molecule has 142 valence electrons. The van der Waals surface area contributed by atoms with Crippen LogP contribution in [0.25, 0.3) is 0 Å². The molecule has 0 bridgehead atoms. The van der Waals surface area contributed by atoms with E-state index in [-0.39, 0.29) is 6.03 Å². The number of anilines is 2. The number of carbonyl (C=O) groups is 2. The fourth-order valence-electron chi connectivity index (χ4n) is 2.54. The molecule has 27 heavy (non-hydrogen) atoms. The Morgan fingerprint density at radius 1 is 1.22 bits per heavy atom. The maximum Gasteiger partial charge on any atom is 0.347 e. The number of nitrogens with zero attached hydrogens (tertiary/aromatic N) is 2. The Labute approximate surface area is 167 Å². The maximum absolute atomic E-state index is 12.8. The molecule has 1 aliphatic heterocycles. The minimum Gasteiger partial charge on any atom is -0.479 e. The highest BCUT2D eigenvalue weighted by Crippen LogP contribution is 2.42. The van der Waals surface area contributed by atoms with Gasteiger partial charge in [0.1, 0.15) is 5.75 Å². The van der Waals surface area contributed by atoms with Gasteiger partial charge >= 0.3 is 12.0 Å². The van der Waals surface area contributed by atoms with Gasteiger partial charge in [-0.2, -0.15) is 0 Å². The molecule has 3 rings (SSSR count). The van der Waals surface area contributed by atoms with E-state index >= 15 is 0 Å². The highest BCUT2D eigenvalue weighted by molar-refractivity contribution is 8.01. The second kappa shape index (κ2) is 8.10. The zero-order valence-corrected chi connectivity index (χ0v) is 16.7. The standard InChI is InChI=1S/C19H19ClN2O4S/c1-4-25-18(23)12(2)26-15-9-10-17-16(11-15)21(3)19(24)22(27-17)14-7-5-13(20)6-8-14/h5-12H,4H2,1-3H3/t12-/m0/s1. The fourth-order valence-corrected chi connectivity index (χ4v) is 3.71. The van der Waals surface area contributed by atoms with Crippen LogP contribution in [0.2, 0.25) is 5.02 Å². The molecule has 0 aliphatic carbocycles. The van der Waals surface area contributed by atoms with E-state index in [2.05, 4.69) is 0 Å². The van der Waals surface area contributed by atoms with E-state index < -0.39 is 12.1 Å². The Morgan fingerprint density at radius 3 is 2.59 bits per heavy atom. The zero-order valence-electron chi connectivity index (χ0n) is 15.1. The number of esters is 1. The van der Waals surface area contributed by atoms with Crippen LogP contribution in [0.5, 0.6) is 5.75 Å². The molecule has 2 aromatic rings. The first kappa shape index (κ1) is 19.4. The van der Waals surface area contributed by atoms with Crippen molar-refractivity contribution in [3.05, 3.63) is 47.5 Å². The van der Waals surface area contributed by atoms with Crippen molar-refractivity contribution in [3.63, 3.8) is 0 Å². The number of urea groups is 1. The minimum atomic E-state index is -0.731. The first-order valence-electron chi connectivity index (χ1n) is 8.39. The lowest BCUT2D eigenvalue weighted by atomic mass is 10.2. The van der Waals surface area contributed by atoms with E-state index in [0.29, 0.717) is 23.1 Å². The van der Waals surface area contributed by atoms with Crippen LogP contribution in [0.3, 0.4) is 0 Å². The Kier molecular flexibility index (Phi) is 5.82. The maximum atomic E-state index is 12.8. The summed E-state index contributed by atoms with van der Waals surface area (Å²) in [6, 6.07) is 12.3. The lowest BCUT2D eigenvalue weighted by molar-refractivity contribution is -0.150. The van der Waals surface area contributed by atoms with Gasteiger partial charge in [-0.15, -0.1) is 0 Å². The Bertz CT molecular complexity index is 859. The third-order valence-electron chi connectivity index (χ3n) is 3.93. The molecule has 1 atom stereocenters. The van der Waals surface area contributed by atoms with Crippen LogP contribution in [0.1, 0.15) is 13.8 Å². The normalized spacial score (nSPS) is 14.6. The summed E-state index contributed by atoms with van der Waals surface area (Å²) in [7, 11) is 1.70. The number of halogens is 1. The first-order valence-corrected chi connectivity index (χ1v) is 9.54. The van der Waals surface area contributed by atoms with Crippen molar-refractivity contribution in [2.45, 2.75) is 24.8 Å². The number of hydrogen-bond acceptors (Lipinski definition) is 5. The van der Waals surface area contributed by atoms with Crippen molar-refractivity contribution >= 4 is 46.9 Å². The number of carbonyl (C=O) groups excluding carboxylic acids is 2. The molecule has 0 unspecified atom stereocenters. The van der Waals surface area contributed by atoms with Crippen LogP contribution in [0.4, 0.5) is 16.2 Å². The molecule has 6 nitrogen and oxygen atoms in total. The van der Waals surface area contributed by atoms with Gasteiger partial charge in [-0.25, -0.2) is 13.9 Å². The van der Waals surface area contributed by atoms with E-state index in [1.807, 2.05) is 6.07 Å². The van der Waals surface area contributed by atoms with Gasteiger partial charge in [0, 0.05) is 18.1 Å². The van der Waals surface area contributed by atoms with Crippen molar-refractivity contribution in [3.8, 4) is 5.75 Å². The lowest BCUT2D eigenvalue weighted by Gasteiger charge is -2.34. The Hall–Kier alpha value is -2.38. The Balaban J connectivity index is 1.82. The van der Waals surface area contributed by atoms with E-state index in [4.69, 9.17) is 21.1 Å². The largest absolute Gasteiger partial charge is 0.479 e. The smallest absolute Gasteiger partial charge is 0.347 e. The van der Waals surface area contributed by atoms with E-state index in [9.17, 15) is 9.59 Å². The molecule has 0 radical (unpaired) electrons. The monoisotopic (exact) mass is 406 g/mol. The summed E-state index contributed by atoms with van der Waals surface area (Å²) in [6.07, 6.45) is -0.731. The number of rotatable bonds is 5. The van der Waals surface area contributed by atoms with Gasteiger partial charge < -0.3 is 9.47 Å². The summed E-state index contributed by atoms with van der Waals surface area (Å²) in [4.78, 5) is 27.0. The Morgan fingerprint density at radius 2 is 1.93 bits per heavy atom.